The minimum Gasteiger partial charge on any atom is -0.512 e. The van der Waals surface area contributed by atoms with Gasteiger partial charge in [-0.15, -0.1) is 0 Å². The zero-order chi connectivity index (χ0) is 14.2. The average Bonchev–Trinajstić information content (AvgIpc) is 2.27. The van der Waals surface area contributed by atoms with Crippen LogP contribution >= 0.6 is 0 Å². The van der Waals surface area contributed by atoms with E-state index >= 15 is 0 Å². The van der Waals surface area contributed by atoms with Crippen LogP contribution in [0, 0.1) is 11.8 Å². The first kappa shape index (κ1) is 14.1. The Bertz CT molecular complexity index is 481. The number of rotatable bonds is 2. The molecule has 0 aromatic carbocycles. The number of hydrogen-bond acceptors (Lipinski definition) is 2. The smallest absolute Gasteiger partial charge is 0.114 e. The highest BCUT2D eigenvalue weighted by atomic mass is 16.3. The molecule has 0 radical (unpaired) electrons. The van der Waals surface area contributed by atoms with Gasteiger partial charge in [0.1, 0.15) is 5.60 Å². The number of allylic oxidation sites excluding steroid dienone is 4. The Balaban J connectivity index is 2.44. The molecule has 3 atom stereocenters. The number of aliphatic hydroxyl groups excluding tert-OH is 1. The van der Waals surface area contributed by atoms with Crippen molar-refractivity contribution in [1.29, 1.82) is 0 Å². The first-order chi connectivity index (χ1) is 8.84. The number of aliphatic hydroxyl groups is 2. The summed E-state index contributed by atoms with van der Waals surface area (Å²) >= 11 is 0. The summed E-state index contributed by atoms with van der Waals surface area (Å²) in [5, 5.41) is 21.3. The second kappa shape index (κ2) is 5.01. The molecule has 0 spiro atoms. The van der Waals surface area contributed by atoms with E-state index in [9.17, 15) is 10.2 Å². The molecule has 0 amide bonds. The van der Waals surface area contributed by atoms with Crippen molar-refractivity contribution in [1.82, 2.24) is 0 Å². The highest BCUT2D eigenvalue weighted by Crippen LogP contribution is 2.44. The summed E-state index contributed by atoms with van der Waals surface area (Å²) in [6.07, 6.45) is 9.04. The zero-order valence-corrected chi connectivity index (χ0v) is 12.1. The van der Waals surface area contributed by atoms with Crippen LogP contribution in [0.5, 0.6) is 0 Å². The quantitative estimate of drug-likeness (QED) is 0.735. The molecule has 2 aliphatic carbocycles. The third-order valence-corrected chi connectivity index (χ3v) is 4.34. The van der Waals surface area contributed by atoms with Gasteiger partial charge in [-0.05, 0) is 69.2 Å². The van der Waals surface area contributed by atoms with E-state index in [-0.39, 0.29) is 17.6 Å². The maximum atomic E-state index is 11.0. The van der Waals surface area contributed by atoms with Crippen molar-refractivity contribution < 1.29 is 10.2 Å². The molecule has 0 heterocycles. The van der Waals surface area contributed by atoms with Gasteiger partial charge in [-0.2, -0.15) is 0 Å². The number of hydrogen-bond donors (Lipinski definition) is 2. The van der Waals surface area contributed by atoms with Crippen molar-refractivity contribution in [2.75, 3.05) is 0 Å². The second-order valence-electron chi connectivity index (χ2n) is 6.11. The topological polar surface area (TPSA) is 40.5 Å². The van der Waals surface area contributed by atoms with Crippen LogP contribution in [0.2, 0.25) is 0 Å². The van der Waals surface area contributed by atoms with Gasteiger partial charge < -0.3 is 10.2 Å². The molecule has 0 saturated carbocycles. The van der Waals surface area contributed by atoms with Gasteiger partial charge in [-0.25, -0.2) is 0 Å². The van der Waals surface area contributed by atoms with E-state index in [1.165, 1.54) is 5.57 Å². The Labute approximate surface area is 115 Å². The van der Waals surface area contributed by atoms with Gasteiger partial charge in [0, 0.05) is 0 Å². The Morgan fingerprint density at radius 1 is 1.42 bits per heavy atom. The van der Waals surface area contributed by atoms with Crippen LogP contribution in [0.1, 0.15) is 40.0 Å². The summed E-state index contributed by atoms with van der Waals surface area (Å²) in [5.41, 5.74) is 1.78. The molecule has 0 fully saturated rings. The fourth-order valence-electron chi connectivity index (χ4n) is 3.37. The van der Waals surface area contributed by atoms with E-state index in [1.54, 1.807) is 6.08 Å². The van der Waals surface area contributed by atoms with Crippen molar-refractivity contribution in [3.63, 3.8) is 0 Å². The molecule has 19 heavy (non-hydrogen) atoms. The molecular formula is C17H24O2. The zero-order valence-electron chi connectivity index (χ0n) is 12.1. The molecule has 0 bridgehead atoms. The standard InChI is InChI=1S/C17H24O2/c1-11(2)17(19)10-13(4)9-15(18)16(17)14-7-5-6-12(3)8-14/h8-10,14,16,18-19H,1,5-7H2,2-4H3/t14?,16-,17?/m1/s1. The van der Waals surface area contributed by atoms with E-state index < -0.39 is 5.60 Å². The molecule has 2 rings (SSSR count). The first-order valence-corrected chi connectivity index (χ1v) is 7.00. The fourth-order valence-corrected chi connectivity index (χ4v) is 3.37. The van der Waals surface area contributed by atoms with E-state index in [4.69, 9.17) is 0 Å². The highest BCUT2D eigenvalue weighted by Gasteiger charge is 2.44. The lowest BCUT2D eigenvalue weighted by molar-refractivity contribution is 0.0331. The molecule has 2 aliphatic rings. The van der Waals surface area contributed by atoms with Gasteiger partial charge in [0.2, 0.25) is 0 Å². The third-order valence-electron chi connectivity index (χ3n) is 4.34. The van der Waals surface area contributed by atoms with E-state index in [1.807, 2.05) is 19.9 Å². The lowest BCUT2D eigenvalue weighted by Crippen LogP contribution is -2.44. The maximum absolute atomic E-state index is 11.0. The SMILES string of the molecule is C=C(C)C1(O)C=C(C)C=C(O)[C@H]1C1C=C(C)CCC1. The second-order valence-corrected chi connectivity index (χ2v) is 6.11. The van der Waals surface area contributed by atoms with Crippen LogP contribution in [-0.4, -0.2) is 15.8 Å². The van der Waals surface area contributed by atoms with E-state index in [0.717, 1.165) is 24.8 Å². The molecule has 2 heteroatoms. The average molecular weight is 260 g/mol. The molecule has 0 aromatic rings. The summed E-state index contributed by atoms with van der Waals surface area (Å²) in [6, 6.07) is 0. The Morgan fingerprint density at radius 3 is 2.68 bits per heavy atom. The van der Waals surface area contributed by atoms with E-state index in [2.05, 4.69) is 19.6 Å². The van der Waals surface area contributed by atoms with Crippen molar-refractivity contribution in [3.8, 4) is 0 Å². The van der Waals surface area contributed by atoms with Crippen molar-refractivity contribution in [3.05, 3.63) is 47.3 Å². The van der Waals surface area contributed by atoms with Gasteiger partial charge in [0.05, 0.1) is 11.7 Å². The van der Waals surface area contributed by atoms with Crippen LogP contribution in [0.4, 0.5) is 0 Å². The molecule has 0 aromatic heterocycles. The summed E-state index contributed by atoms with van der Waals surface area (Å²) in [6.45, 7) is 9.77. The van der Waals surface area contributed by atoms with Gasteiger partial charge in [-0.3, -0.25) is 0 Å². The largest absolute Gasteiger partial charge is 0.512 e. The van der Waals surface area contributed by atoms with Gasteiger partial charge >= 0.3 is 0 Å². The maximum Gasteiger partial charge on any atom is 0.114 e. The van der Waals surface area contributed by atoms with Crippen LogP contribution in [0.3, 0.4) is 0 Å². The minimum absolute atomic E-state index is 0.177. The Kier molecular flexibility index (Phi) is 3.73. The summed E-state index contributed by atoms with van der Waals surface area (Å²) < 4.78 is 0. The van der Waals surface area contributed by atoms with Gasteiger partial charge in [-0.1, -0.05) is 18.2 Å². The van der Waals surface area contributed by atoms with Crippen molar-refractivity contribution in [2.24, 2.45) is 11.8 Å². The lowest BCUT2D eigenvalue weighted by atomic mass is 9.67. The molecule has 104 valence electrons. The molecule has 0 saturated heterocycles. The summed E-state index contributed by atoms with van der Waals surface area (Å²) in [5.74, 6) is 0.154. The van der Waals surface area contributed by atoms with Crippen molar-refractivity contribution >= 4 is 0 Å². The normalized spacial score (nSPS) is 35.3. The molecule has 2 unspecified atom stereocenters. The fraction of sp³-hybridized carbons (Fsp3) is 0.529. The van der Waals surface area contributed by atoms with Crippen molar-refractivity contribution in [2.45, 2.75) is 45.6 Å². The van der Waals surface area contributed by atoms with Crippen LogP contribution < -0.4 is 0 Å². The van der Waals surface area contributed by atoms with Crippen LogP contribution in [0.25, 0.3) is 0 Å². The monoisotopic (exact) mass is 260 g/mol. The van der Waals surface area contributed by atoms with Gasteiger partial charge in [0.25, 0.3) is 0 Å². The van der Waals surface area contributed by atoms with Gasteiger partial charge in [0.15, 0.2) is 0 Å². The minimum atomic E-state index is -1.14. The predicted molar refractivity (Wildman–Crippen MR) is 78.8 cm³/mol. The van der Waals surface area contributed by atoms with Crippen LogP contribution in [0.15, 0.2) is 47.3 Å². The highest BCUT2D eigenvalue weighted by molar-refractivity contribution is 5.39. The lowest BCUT2D eigenvalue weighted by Gasteiger charge is -2.41. The third kappa shape index (κ3) is 2.55. The summed E-state index contributed by atoms with van der Waals surface area (Å²) in [4.78, 5) is 0. The molecule has 0 aliphatic heterocycles. The van der Waals surface area contributed by atoms with Crippen LogP contribution in [-0.2, 0) is 0 Å². The Morgan fingerprint density at radius 2 is 2.11 bits per heavy atom. The summed E-state index contributed by atoms with van der Waals surface area (Å²) in [7, 11) is 0. The molecule has 2 nitrogen and oxygen atoms in total. The predicted octanol–water partition coefficient (Wildman–Crippen LogP) is 4.06. The Hall–Kier alpha value is -1.28. The first-order valence-electron chi connectivity index (χ1n) is 7.00. The molecular weight excluding hydrogens is 236 g/mol. The van der Waals surface area contributed by atoms with E-state index in [0.29, 0.717) is 5.57 Å². The molecule has 2 N–H and O–H groups in total.